The van der Waals surface area contributed by atoms with Gasteiger partial charge in [0.15, 0.2) is 5.82 Å². The van der Waals surface area contributed by atoms with Crippen LogP contribution in [-0.2, 0) is 19.1 Å². The summed E-state index contributed by atoms with van der Waals surface area (Å²) in [5, 5.41) is 3.56. The summed E-state index contributed by atoms with van der Waals surface area (Å²) in [6, 6.07) is 9.60. The first-order chi connectivity index (χ1) is 23.6. The molecule has 260 valence electrons. The molecule has 1 heterocycles. The van der Waals surface area contributed by atoms with Crippen molar-refractivity contribution in [3.05, 3.63) is 73.1 Å². The van der Waals surface area contributed by atoms with Crippen LogP contribution < -0.4 is 14.8 Å². The highest BCUT2D eigenvalue weighted by Crippen LogP contribution is 2.47. The molecule has 0 aliphatic heterocycles. The van der Waals surface area contributed by atoms with Crippen LogP contribution in [0.25, 0.3) is 22.3 Å². The van der Waals surface area contributed by atoms with Crippen molar-refractivity contribution < 1.29 is 33.0 Å². The van der Waals surface area contributed by atoms with E-state index in [-0.39, 0.29) is 43.0 Å². The molecule has 0 bridgehead atoms. The maximum atomic E-state index is 14.3. The van der Waals surface area contributed by atoms with Gasteiger partial charge in [0.05, 0.1) is 36.5 Å². The fourth-order valence-electron chi connectivity index (χ4n) is 6.77. The highest BCUT2D eigenvalue weighted by molar-refractivity contribution is 5.95. The third-order valence-corrected chi connectivity index (χ3v) is 9.60. The van der Waals surface area contributed by atoms with Gasteiger partial charge in [-0.05, 0) is 76.6 Å². The molecular formula is C38H45FN4O6. The molecule has 0 spiro atoms. The number of amides is 2. The topological polar surface area (TPSA) is 120 Å². The van der Waals surface area contributed by atoms with Crippen LogP contribution in [0.3, 0.4) is 0 Å². The fraction of sp³-hybridized carbons (Fsp3) is 0.447. The molecule has 5 unspecified atom stereocenters. The molecule has 11 heteroatoms. The average Bonchev–Trinajstić information content (AvgIpc) is 3.65. The smallest absolute Gasteiger partial charge is 0.332 e. The van der Waals surface area contributed by atoms with Crippen molar-refractivity contribution in [1.29, 1.82) is 0 Å². The zero-order valence-electron chi connectivity index (χ0n) is 28.7. The van der Waals surface area contributed by atoms with Crippen molar-refractivity contribution in [3.63, 3.8) is 0 Å². The predicted octanol–water partition coefficient (Wildman–Crippen LogP) is 5.97. The van der Waals surface area contributed by atoms with E-state index in [1.54, 1.807) is 56.3 Å². The fourth-order valence-corrected chi connectivity index (χ4v) is 6.77. The Morgan fingerprint density at radius 2 is 1.90 bits per heavy atom. The maximum absolute atomic E-state index is 14.3. The van der Waals surface area contributed by atoms with Crippen molar-refractivity contribution in [1.82, 2.24) is 20.2 Å². The molecule has 5 atom stereocenters. The molecule has 2 fully saturated rings. The van der Waals surface area contributed by atoms with E-state index >= 15 is 0 Å². The number of ether oxygens (including phenoxy) is 3. The molecule has 2 amide bonds. The minimum Gasteiger partial charge on any atom is -0.496 e. The van der Waals surface area contributed by atoms with Crippen LogP contribution >= 0.6 is 0 Å². The van der Waals surface area contributed by atoms with Gasteiger partial charge in [-0.1, -0.05) is 24.3 Å². The summed E-state index contributed by atoms with van der Waals surface area (Å²) in [5.41, 5.74) is 0.597. The highest BCUT2D eigenvalue weighted by Gasteiger charge is 2.62. The van der Waals surface area contributed by atoms with Gasteiger partial charge >= 0.3 is 5.97 Å². The lowest BCUT2D eigenvalue weighted by Crippen LogP contribution is -2.50. The number of esters is 1. The second-order valence-electron chi connectivity index (χ2n) is 12.8. The summed E-state index contributed by atoms with van der Waals surface area (Å²) in [7, 11) is 3.32. The summed E-state index contributed by atoms with van der Waals surface area (Å²) in [6.45, 7) is 11.9. The van der Waals surface area contributed by atoms with Gasteiger partial charge < -0.3 is 24.4 Å². The SMILES string of the molecule is C=CCCCCN(C)C(=O)C1CC(Oc2nc(-c3cccc(F)c3)nc3c(C)c(OC)ccc23)CC1C(=O)NC1(C(=O)OCC)CC1C=C. The molecule has 5 rings (SSSR count). The predicted molar refractivity (Wildman–Crippen MR) is 184 cm³/mol. The van der Waals surface area contributed by atoms with Crippen LogP contribution in [0.4, 0.5) is 4.39 Å². The Morgan fingerprint density at radius 3 is 2.57 bits per heavy atom. The number of methoxy groups -OCH3 is 1. The normalized spacial score (nSPS) is 22.6. The number of aryl methyl sites for hydroxylation is 1. The van der Waals surface area contributed by atoms with Crippen molar-refractivity contribution >= 4 is 28.7 Å². The lowest BCUT2D eigenvalue weighted by Gasteiger charge is -2.26. The quantitative estimate of drug-likeness (QED) is 0.119. The lowest BCUT2D eigenvalue weighted by molar-refractivity contribution is -0.150. The van der Waals surface area contributed by atoms with Crippen molar-refractivity contribution in [3.8, 4) is 23.0 Å². The molecule has 1 aromatic heterocycles. The van der Waals surface area contributed by atoms with Gasteiger partial charge in [-0.25, -0.2) is 14.2 Å². The molecule has 1 N–H and O–H groups in total. The van der Waals surface area contributed by atoms with E-state index in [9.17, 15) is 18.8 Å². The van der Waals surface area contributed by atoms with E-state index in [2.05, 4.69) is 18.5 Å². The number of benzene rings is 2. The Labute approximate surface area is 286 Å². The van der Waals surface area contributed by atoms with Gasteiger partial charge in [-0.3, -0.25) is 9.59 Å². The largest absolute Gasteiger partial charge is 0.496 e. The molecule has 2 aliphatic rings. The van der Waals surface area contributed by atoms with Crippen LogP contribution in [0.2, 0.25) is 0 Å². The van der Waals surface area contributed by atoms with E-state index < -0.39 is 41.2 Å². The van der Waals surface area contributed by atoms with E-state index in [0.29, 0.717) is 35.2 Å². The number of carbonyl (C=O) groups excluding carboxylic acids is 3. The van der Waals surface area contributed by atoms with Gasteiger partial charge in [0.25, 0.3) is 0 Å². The minimum absolute atomic E-state index is 0.167. The zero-order valence-corrected chi connectivity index (χ0v) is 28.7. The Bertz CT molecular complexity index is 1750. The first-order valence-electron chi connectivity index (χ1n) is 16.8. The number of nitrogens with one attached hydrogen (secondary N) is 1. The first kappa shape index (κ1) is 35.5. The first-order valence-corrected chi connectivity index (χ1v) is 16.8. The Balaban J connectivity index is 1.48. The molecular weight excluding hydrogens is 627 g/mol. The van der Waals surface area contributed by atoms with Crippen LogP contribution in [-0.4, -0.2) is 71.6 Å². The summed E-state index contributed by atoms with van der Waals surface area (Å²) in [5.74, 6) is -2.12. The molecule has 2 aromatic carbocycles. The van der Waals surface area contributed by atoms with Gasteiger partial charge in [0, 0.05) is 30.6 Å². The number of hydrogen-bond donors (Lipinski definition) is 1. The van der Waals surface area contributed by atoms with E-state index in [0.717, 1.165) is 24.8 Å². The van der Waals surface area contributed by atoms with E-state index in [4.69, 9.17) is 24.2 Å². The van der Waals surface area contributed by atoms with Crippen LogP contribution in [0, 0.1) is 30.5 Å². The van der Waals surface area contributed by atoms with Gasteiger partial charge in [0.2, 0.25) is 17.7 Å². The van der Waals surface area contributed by atoms with Crippen LogP contribution in [0.1, 0.15) is 51.0 Å². The number of rotatable bonds is 15. The third kappa shape index (κ3) is 7.45. The Kier molecular flexibility index (Phi) is 11.0. The third-order valence-electron chi connectivity index (χ3n) is 9.60. The molecule has 2 saturated carbocycles. The number of unbranched alkanes of at least 4 members (excludes halogenated alkanes) is 2. The minimum atomic E-state index is -1.20. The number of aromatic nitrogens is 2. The standard InChI is InChI=1S/C38H45FN4O6/c1-7-10-11-12-18-43(5)36(45)30-21-27(20-29(30)34(44)42-38(22-25(38)8-2)37(46)48-9-3)49-35-28-16-17-31(47-6)23(4)32(28)40-33(41-35)24-14-13-15-26(39)19-24/h7-8,13-17,19,25,27,29-30H,1-2,9-12,18,20-22H2,3-6H3,(H,42,44). The van der Waals surface area contributed by atoms with Gasteiger partial charge in [0.1, 0.15) is 23.2 Å². The number of carbonyl (C=O) groups is 3. The molecule has 0 radical (unpaired) electrons. The molecule has 2 aliphatic carbocycles. The second kappa shape index (κ2) is 15.2. The number of fused-ring (bicyclic) bond motifs is 1. The molecule has 49 heavy (non-hydrogen) atoms. The molecule has 0 saturated heterocycles. The summed E-state index contributed by atoms with van der Waals surface area (Å²) < 4.78 is 31.7. The monoisotopic (exact) mass is 672 g/mol. The van der Waals surface area contributed by atoms with Crippen molar-refractivity contribution in [2.75, 3.05) is 27.3 Å². The number of halogens is 1. The average molecular weight is 673 g/mol. The van der Waals surface area contributed by atoms with Crippen LogP contribution in [0.15, 0.2) is 61.7 Å². The van der Waals surface area contributed by atoms with Crippen LogP contribution in [0.5, 0.6) is 11.6 Å². The maximum Gasteiger partial charge on any atom is 0.332 e. The summed E-state index contributed by atoms with van der Waals surface area (Å²) >= 11 is 0. The summed E-state index contributed by atoms with van der Waals surface area (Å²) in [4.78, 5) is 52.1. The van der Waals surface area contributed by atoms with Crippen molar-refractivity contribution in [2.45, 2.75) is 64.0 Å². The lowest BCUT2D eigenvalue weighted by atomic mass is 9.93. The zero-order chi connectivity index (χ0) is 35.3. The molecule has 3 aromatic rings. The van der Waals surface area contributed by atoms with E-state index in [1.165, 1.54) is 12.1 Å². The number of hydrogen-bond acceptors (Lipinski definition) is 8. The Morgan fingerprint density at radius 1 is 1.12 bits per heavy atom. The van der Waals surface area contributed by atoms with Crippen molar-refractivity contribution in [2.24, 2.45) is 17.8 Å². The Hall–Kier alpha value is -4.80. The number of allylic oxidation sites excluding steroid dienone is 1. The van der Waals surface area contributed by atoms with Gasteiger partial charge in [-0.2, -0.15) is 4.98 Å². The second-order valence-corrected chi connectivity index (χ2v) is 12.8. The molecule has 10 nitrogen and oxygen atoms in total. The number of nitrogens with zero attached hydrogens (tertiary/aromatic N) is 3. The highest BCUT2D eigenvalue weighted by atomic mass is 19.1. The van der Waals surface area contributed by atoms with E-state index in [1.807, 2.05) is 13.0 Å². The summed E-state index contributed by atoms with van der Waals surface area (Å²) in [6.07, 6.45) is 6.30. The van der Waals surface area contributed by atoms with Gasteiger partial charge in [-0.15, -0.1) is 13.2 Å².